The summed E-state index contributed by atoms with van der Waals surface area (Å²) in [4.78, 5) is 42.7. The number of aromatic nitrogens is 4. The predicted octanol–water partition coefficient (Wildman–Crippen LogP) is 1.35. The second-order valence-corrected chi connectivity index (χ2v) is 12.7. The molecule has 0 radical (unpaired) electrons. The summed E-state index contributed by atoms with van der Waals surface area (Å²) in [5, 5.41) is 6.47. The van der Waals surface area contributed by atoms with Crippen LogP contribution < -0.4 is 20.9 Å². The van der Waals surface area contributed by atoms with Gasteiger partial charge in [0.15, 0.2) is 6.39 Å². The molecule has 1 atom stereocenters. The van der Waals surface area contributed by atoms with Crippen LogP contribution >= 0.6 is 0 Å². The minimum absolute atomic E-state index is 0.0257. The van der Waals surface area contributed by atoms with Gasteiger partial charge in [-0.2, -0.15) is 4.98 Å². The van der Waals surface area contributed by atoms with E-state index >= 15 is 0 Å². The topological polar surface area (TPSA) is 165 Å². The normalized spacial score (nSPS) is 15.2. The molecule has 0 bridgehead atoms. The van der Waals surface area contributed by atoms with Gasteiger partial charge in [0, 0.05) is 44.5 Å². The van der Waals surface area contributed by atoms with Crippen LogP contribution in [0.25, 0.3) is 11.0 Å². The number of fused-ring (bicyclic) bond motifs is 1. The van der Waals surface area contributed by atoms with Crippen LogP contribution in [0, 0.1) is 0 Å². The maximum atomic E-state index is 13.7. The van der Waals surface area contributed by atoms with Gasteiger partial charge in [-0.3, -0.25) is 14.2 Å². The molecule has 14 nitrogen and oxygen atoms in total. The zero-order chi connectivity index (χ0) is 30.7. The molecule has 1 fully saturated rings. The number of nitrogens with zero attached hydrogens (tertiary/aromatic N) is 6. The van der Waals surface area contributed by atoms with Crippen LogP contribution in [-0.4, -0.2) is 103 Å². The number of carbonyl (C=O) groups excluding carboxylic acids is 1. The number of amides is 1. The van der Waals surface area contributed by atoms with E-state index in [9.17, 15) is 18.0 Å². The molecule has 1 amide bonds. The Bertz CT molecular complexity index is 1780. The van der Waals surface area contributed by atoms with Gasteiger partial charge < -0.3 is 29.6 Å². The molecule has 4 heterocycles. The third-order valence-electron chi connectivity index (χ3n) is 6.89. The second kappa shape index (κ2) is 12.5. The first-order chi connectivity index (χ1) is 20.5. The molecule has 5 rings (SSSR count). The van der Waals surface area contributed by atoms with E-state index in [1.54, 1.807) is 19.0 Å². The molecule has 0 saturated carbocycles. The number of hydrogen-bond acceptors (Lipinski definition) is 12. The molecule has 228 valence electrons. The SMILES string of the molecule is CN(C)CCS(=O)(=O)c1ocnc1Cn1c(=O)c(C(=O)N(C)C)cc2cnc(Nc3ccc(OC4CCNC4)cc3)nc21. The molecule has 1 saturated heterocycles. The highest BCUT2D eigenvalue weighted by atomic mass is 32.2. The predicted molar refractivity (Wildman–Crippen MR) is 160 cm³/mol. The summed E-state index contributed by atoms with van der Waals surface area (Å²) in [7, 11) is 2.74. The van der Waals surface area contributed by atoms with E-state index in [0.717, 1.165) is 31.7 Å². The van der Waals surface area contributed by atoms with Crippen molar-refractivity contribution < 1.29 is 22.4 Å². The van der Waals surface area contributed by atoms with Crippen molar-refractivity contribution in [3.63, 3.8) is 0 Å². The number of ether oxygens (including phenoxy) is 1. The fraction of sp³-hybridized carbons (Fsp3) is 0.393. The zero-order valence-electron chi connectivity index (χ0n) is 24.4. The molecule has 0 aliphatic carbocycles. The van der Waals surface area contributed by atoms with Crippen molar-refractivity contribution in [2.75, 3.05) is 58.9 Å². The number of pyridine rings is 1. The van der Waals surface area contributed by atoms with Gasteiger partial charge in [0.2, 0.25) is 20.9 Å². The van der Waals surface area contributed by atoms with E-state index in [4.69, 9.17) is 9.15 Å². The average molecular weight is 611 g/mol. The lowest BCUT2D eigenvalue weighted by atomic mass is 10.2. The Morgan fingerprint density at radius 2 is 1.95 bits per heavy atom. The molecule has 1 aliphatic rings. The smallest absolute Gasteiger partial charge is 0.265 e. The number of carbonyl (C=O) groups is 1. The molecule has 4 aromatic rings. The molecule has 0 spiro atoms. The van der Waals surface area contributed by atoms with Crippen LogP contribution in [0.15, 0.2) is 57.2 Å². The van der Waals surface area contributed by atoms with Crippen molar-refractivity contribution >= 4 is 38.4 Å². The quantitative estimate of drug-likeness (QED) is 0.251. The van der Waals surface area contributed by atoms with E-state index in [1.165, 1.54) is 35.8 Å². The van der Waals surface area contributed by atoms with Crippen LogP contribution in [-0.2, 0) is 16.4 Å². The summed E-state index contributed by atoms with van der Waals surface area (Å²) in [6, 6.07) is 8.79. The number of rotatable bonds is 11. The number of hydrogen-bond donors (Lipinski definition) is 2. The molecule has 1 aliphatic heterocycles. The van der Waals surface area contributed by atoms with Gasteiger partial charge in [0.1, 0.15) is 28.8 Å². The fourth-order valence-corrected chi connectivity index (χ4v) is 6.05. The van der Waals surface area contributed by atoms with Gasteiger partial charge >= 0.3 is 0 Å². The van der Waals surface area contributed by atoms with Crippen molar-refractivity contribution in [1.82, 2.24) is 34.6 Å². The lowest BCUT2D eigenvalue weighted by Crippen LogP contribution is -2.33. The van der Waals surface area contributed by atoms with Crippen molar-refractivity contribution in [2.45, 2.75) is 24.2 Å². The van der Waals surface area contributed by atoms with Gasteiger partial charge in [-0.1, -0.05) is 0 Å². The Morgan fingerprint density at radius 3 is 2.63 bits per heavy atom. The standard InChI is InChI=1S/C28H34N8O6S/c1-34(2)11-12-43(39,40)27-23(31-17-41-27)16-36-24-18(13-22(26(36)38)25(37)35(3)4)14-30-28(33-24)32-19-5-7-20(8-6-19)42-21-9-10-29-15-21/h5-8,13-14,17,21,29H,9-12,15-16H2,1-4H3,(H,30,32,33). The Hall–Kier alpha value is -4.34. The minimum Gasteiger partial charge on any atom is -0.489 e. The molecule has 2 N–H and O–H groups in total. The zero-order valence-corrected chi connectivity index (χ0v) is 25.2. The summed E-state index contributed by atoms with van der Waals surface area (Å²) < 4.78 is 38.6. The maximum Gasteiger partial charge on any atom is 0.265 e. The van der Waals surface area contributed by atoms with E-state index in [1.807, 2.05) is 24.3 Å². The van der Waals surface area contributed by atoms with Crippen molar-refractivity contribution in [1.29, 1.82) is 0 Å². The maximum absolute atomic E-state index is 13.7. The lowest BCUT2D eigenvalue weighted by Gasteiger charge is -2.15. The van der Waals surface area contributed by atoms with Crippen LogP contribution in [0.5, 0.6) is 5.75 Å². The number of benzene rings is 1. The van der Waals surface area contributed by atoms with E-state index in [2.05, 4.69) is 25.6 Å². The molecule has 1 aromatic carbocycles. The molecular weight excluding hydrogens is 576 g/mol. The highest BCUT2D eigenvalue weighted by Crippen LogP contribution is 2.23. The number of sulfone groups is 1. The monoisotopic (exact) mass is 610 g/mol. The first kappa shape index (κ1) is 30.1. The number of nitrogens with one attached hydrogen (secondary N) is 2. The van der Waals surface area contributed by atoms with E-state index < -0.39 is 21.3 Å². The highest BCUT2D eigenvalue weighted by molar-refractivity contribution is 7.91. The van der Waals surface area contributed by atoms with E-state index in [0.29, 0.717) is 11.1 Å². The second-order valence-electron chi connectivity index (χ2n) is 10.7. The van der Waals surface area contributed by atoms with Crippen molar-refractivity contribution in [2.24, 2.45) is 0 Å². The van der Waals surface area contributed by atoms with Gasteiger partial charge in [0.25, 0.3) is 11.5 Å². The third kappa shape index (κ3) is 6.84. The molecule has 1 unspecified atom stereocenters. The summed E-state index contributed by atoms with van der Waals surface area (Å²) in [5.74, 6) is 0.223. The summed E-state index contributed by atoms with van der Waals surface area (Å²) in [5.41, 5.74) is 0.132. The summed E-state index contributed by atoms with van der Waals surface area (Å²) >= 11 is 0. The van der Waals surface area contributed by atoms with Crippen LogP contribution in [0.3, 0.4) is 0 Å². The van der Waals surface area contributed by atoms with Crippen LogP contribution in [0.1, 0.15) is 22.5 Å². The Morgan fingerprint density at radius 1 is 1.19 bits per heavy atom. The van der Waals surface area contributed by atoms with Gasteiger partial charge in [-0.05, 0) is 57.4 Å². The Labute approximate surface area is 248 Å². The average Bonchev–Trinajstić information content (AvgIpc) is 3.67. The first-order valence-corrected chi connectivity index (χ1v) is 15.3. The first-order valence-electron chi connectivity index (χ1n) is 13.7. The lowest BCUT2D eigenvalue weighted by molar-refractivity contribution is 0.0825. The summed E-state index contributed by atoms with van der Waals surface area (Å²) in [6.45, 7) is 1.72. The highest BCUT2D eigenvalue weighted by Gasteiger charge is 2.26. The van der Waals surface area contributed by atoms with Gasteiger partial charge in [-0.25, -0.2) is 18.4 Å². The van der Waals surface area contributed by atoms with Gasteiger partial charge in [0.05, 0.1) is 12.3 Å². The molecule has 3 aromatic heterocycles. The van der Waals surface area contributed by atoms with Crippen molar-refractivity contribution in [3.05, 3.63) is 64.5 Å². The largest absolute Gasteiger partial charge is 0.489 e. The fourth-order valence-electron chi connectivity index (χ4n) is 4.59. The minimum atomic E-state index is -3.85. The van der Waals surface area contributed by atoms with Crippen molar-refractivity contribution in [3.8, 4) is 5.75 Å². The third-order valence-corrected chi connectivity index (χ3v) is 8.51. The van der Waals surface area contributed by atoms with Crippen LogP contribution in [0.2, 0.25) is 0 Å². The van der Waals surface area contributed by atoms with Gasteiger partial charge in [-0.15, -0.1) is 0 Å². The van der Waals surface area contributed by atoms with E-state index in [-0.39, 0.29) is 52.9 Å². The molecule has 43 heavy (non-hydrogen) atoms. The molecular formula is C28H34N8O6S. The van der Waals surface area contributed by atoms with Crippen LogP contribution in [0.4, 0.5) is 11.6 Å². The number of anilines is 2. The Balaban J connectivity index is 1.50. The Kier molecular flexibility index (Phi) is 8.75. The summed E-state index contributed by atoms with van der Waals surface area (Å²) in [6.07, 6.45) is 3.61. The number of oxazole rings is 1. The molecule has 15 heteroatoms.